The first-order chi connectivity index (χ1) is 12.0. The van der Waals surface area contributed by atoms with E-state index >= 15 is 0 Å². The fraction of sp³-hybridized carbons (Fsp3) is 0.900. The van der Waals surface area contributed by atoms with Gasteiger partial charge >= 0.3 is 11.9 Å². The Hall–Kier alpha value is -1.10. The molecule has 0 bridgehead atoms. The summed E-state index contributed by atoms with van der Waals surface area (Å²) in [5.74, 6) is -0.698. The lowest BCUT2D eigenvalue weighted by Gasteiger charge is -2.22. The van der Waals surface area contributed by atoms with Crippen LogP contribution in [0.2, 0.25) is 0 Å². The fourth-order valence-electron chi connectivity index (χ4n) is 2.67. The summed E-state index contributed by atoms with van der Waals surface area (Å²) in [5, 5.41) is 0. The number of unbranched alkanes of at least 4 members (excludes halogenated alkanes) is 2. The first-order valence-electron chi connectivity index (χ1n) is 10.0. The second-order valence-corrected chi connectivity index (χ2v) is 6.45. The van der Waals surface area contributed by atoms with Crippen molar-refractivity contribution in [1.82, 2.24) is 0 Å². The standard InChI is InChI=1S/C20H38O5/c1-6-11-13-16(8-3)19(21)24-15-18(23-10-5)25-20(22)17(9-4)14-12-7-2/h16-18H,6-15H2,1-5H3. The van der Waals surface area contributed by atoms with Gasteiger partial charge in [0.15, 0.2) is 6.61 Å². The van der Waals surface area contributed by atoms with Gasteiger partial charge < -0.3 is 14.2 Å². The predicted octanol–water partition coefficient (Wildman–Crippen LogP) is 4.87. The third kappa shape index (κ3) is 10.5. The van der Waals surface area contributed by atoms with E-state index in [-0.39, 0.29) is 30.4 Å². The molecule has 0 spiro atoms. The summed E-state index contributed by atoms with van der Waals surface area (Å²) in [7, 11) is 0. The molecule has 0 fully saturated rings. The molecule has 5 nitrogen and oxygen atoms in total. The number of hydrogen-bond acceptors (Lipinski definition) is 5. The number of ether oxygens (including phenoxy) is 3. The quantitative estimate of drug-likeness (QED) is 0.309. The summed E-state index contributed by atoms with van der Waals surface area (Å²) in [4.78, 5) is 24.5. The highest BCUT2D eigenvalue weighted by molar-refractivity contribution is 5.73. The highest BCUT2D eigenvalue weighted by Gasteiger charge is 2.24. The lowest BCUT2D eigenvalue weighted by atomic mass is 10.00. The first kappa shape index (κ1) is 23.9. The number of rotatable bonds is 15. The zero-order valence-electron chi connectivity index (χ0n) is 16.8. The number of carbonyl (C=O) groups is 2. The maximum Gasteiger partial charge on any atom is 0.311 e. The second-order valence-electron chi connectivity index (χ2n) is 6.45. The second kappa shape index (κ2) is 15.2. The Balaban J connectivity index is 4.52. The third-order valence-corrected chi connectivity index (χ3v) is 4.43. The van der Waals surface area contributed by atoms with Crippen molar-refractivity contribution in [2.45, 2.75) is 92.3 Å². The zero-order valence-corrected chi connectivity index (χ0v) is 16.8. The zero-order chi connectivity index (χ0) is 19.1. The highest BCUT2D eigenvalue weighted by atomic mass is 16.7. The van der Waals surface area contributed by atoms with Crippen LogP contribution in [-0.2, 0) is 23.8 Å². The van der Waals surface area contributed by atoms with Crippen molar-refractivity contribution < 1.29 is 23.8 Å². The van der Waals surface area contributed by atoms with Crippen LogP contribution in [0.5, 0.6) is 0 Å². The average molecular weight is 359 g/mol. The summed E-state index contributed by atoms with van der Waals surface area (Å²) in [6, 6.07) is 0. The van der Waals surface area contributed by atoms with Gasteiger partial charge in [0.1, 0.15) is 0 Å². The summed E-state index contributed by atoms with van der Waals surface area (Å²) < 4.78 is 16.2. The Kier molecular flexibility index (Phi) is 14.5. The van der Waals surface area contributed by atoms with Crippen LogP contribution in [0.25, 0.3) is 0 Å². The Morgan fingerprint density at radius 1 is 0.800 bits per heavy atom. The number of carbonyl (C=O) groups excluding carboxylic acids is 2. The Labute approximate surface area is 153 Å². The van der Waals surface area contributed by atoms with Gasteiger partial charge in [-0.2, -0.15) is 0 Å². The average Bonchev–Trinajstić information content (AvgIpc) is 2.61. The fourth-order valence-corrected chi connectivity index (χ4v) is 2.67. The van der Waals surface area contributed by atoms with Crippen LogP contribution in [0.1, 0.15) is 86.0 Å². The van der Waals surface area contributed by atoms with Crippen molar-refractivity contribution in [1.29, 1.82) is 0 Å². The SMILES string of the molecule is CCCCC(CC)C(=O)OCC(OCC)OC(=O)C(CC)CCCC. The van der Waals surface area contributed by atoms with E-state index in [1.54, 1.807) is 0 Å². The van der Waals surface area contributed by atoms with Gasteiger partial charge in [-0.25, -0.2) is 0 Å². The lowest BCUT2D eigenvalue weighted by Crippen LogP contribution is -2.32. The van der Waals surface area contributed by atoms with E-state index in [0.29, 0.717) is 6.61 Å². The number of hydrogen-bond donors (Lipinski definition) is 0. The smallest absolute Gasteiger partial charge is 0.311 e. The molecule has 0 radical (unpaired) electrons. The molecular weight excluding hydrogens is 320 g/mol. The van der Waals surface area contributed by atoms with E-state index in [1.165, 1.54) is 0 Å². The van der Waals surface area contributed by atoms with E-state index in [4.69, 9.17) is 14.2 Å². The Morgan fingerprint density at radius 3 is 1.76 bits per heavy atom. The van der Waals surface area contributed by atoms with Gasteiger partial charge in [0.25, 0.3) is 0 Å². The summed E-state index contributed by atoms with van der Waals surface area (Å²) in [6.45, 7) is 10.4. The lowest BCUT2D eigenvalue weighted by molar-refractivity contribution is -0.198. The van der Waals surface area contributed by atoms with Gasteiger partial charge in [0.2, 0.25) is 6.29 Å². The summed E-state index contributed by atoms with van der Waals surface area (Å²) >= 11 is 0. The van der Waals surface area contributed by atoms with E-state index in [1.807, 2.05) is 20.8 Å². The van der Waals surface area contributed by atoms with Crippen LogP contribution >= 0.6 is 0 Å². The normalized spacial score (nSPS) is 14.6. The van der Waals surface area contributed by atoms with E-state index in [2.05, 4.69) is 13.8 Å². The molecular formula is C20H38O5. The van der Waals surface area contributed by atoms with Crippen molar-refractivity contribution >= 4 is 11.9 Å². The summed E-state index contributed by atoms with van der Waals surface area (Å²) in [6.07, 6.45) is 6.44. The molecule has 0 aromatic heterocycles. The van der Waals surface area contributed by atoms with Gasteiger partial charge in [-0.3, -0.25) is 9.59 Å². The van der Waals surface area contributed by atoms with Gasteiger partial charge in [-0.05, 0) is 32.6 Å². The van der Waals surface area contributed by atoms with E-state index in [0.717, 1.165) is 51.4 Å². The number of esters is 2. The molecule has 0 N–H and O–H groups in total. The molecule has 148 valence electrons. The van der Waals surface area contributed by atoms with E-state index in [9.17, 15) is 9.59 Å². The van der Waals surface area contributed by atoms with Gasteiger partial charge in [-0.15, -0.1) is 0 Å². The van der Waals surface area contributed by atoms with E-state index < -0.39 is 6.29 Å². The monoisotopic (exact) mass is 358 g/mol. The van der Waals surface area contributed by atoms with Crippen molar-refractivity contribution in [2.75, 3.05) is 13.2 Å². The highest BCUT2D eigenvalue weighted by Crippen LogP contribution is 2.17. The molecule has 0 aliphatic heterocycles. The minimum atomic E-state index is -0.819. The minimum Gasteiger partial charge on any atom is -0.459 e. The molecule has 0 heterocycles. The molecule has 0 rings (SSSR count). The molecule has 5 heteroatoms. The molecule has 0 saturated heterocycles. The van der Waals surface area contributed by atoms with Crippen molar-refractivity contribution in [3.05, 3.63) is 0 Å². The van der Waals surface area contributed by atoms with Crippen LogP contribution in [-0.4, -0.2) is 31.4 Å². The van der Waals surface area contributed by atoms with Gasteiger partial charge in [-0.1, -0.05) is 53.4 Å². The molecule has 3 unspecified atom stereocenters. The topological polar surface area (TPSA) is 61.8 Å². The molecule has 0 aliphatic carbocycles. The summed E-state index contributed by atoms with van der Waals surface area (Å²) in [5.41, 5.74) is 0. The van der Waals surface area contributed by atoms with Crippen molar-refractivity contribution in [2.24, 2.45) is 11.8 Å². The van der Waals surface area contributed by atoms with Crippen LogP contribution in [0.4, 0.5) is 0 Å². The Bertz CT molecular complexity index is 356. The van der Waals surface area contributed by atoms with Gasteiger partial charge in [0, 0.05) is 6.61 Å². The predicted molar refractivity (Wildman–Crippen MR) is 99.1 cm³/mol. The van der Waals surface area contributed by atoms with Gasteiger partial charge in [0.05, 0.1) is 11.8 Å². The molecule has 0 aliphatic rings. The first-order valence-corrected chi connectivity index (χ1v) is 10.0. The van der Waals surface area contributed by atoms with Crippen molar-refractivity contribution in [3.63, 3.8) is 0 Å². The minimum absolute atomic E-state index is 0.0365. The molecule has 0 aromatic carbocycles. The van der Waals surface area contributed by atoms with Crippen LogP contribution < -0.4 is 0 Å². The van der Waals surface area contributed by atoms with Crippen LogP contribution in [0, 0.1) is 11.8 Å². The molecule has 0 saturated carbocycles. The molecule has 25 heavy (non-hydrogen) atoms. The molecule has 0 amide bonds. The van der Waals surface area contributed by atoms with Crippen LogP contribution in [0.3, 0.4) is 0 Å². The maximum atomic E-state index is 12.3. The molecule has 3 atom stereocenters. The maximum absolute atomic E-state index is 12.3. The molecule has 0 aromatic rings. The Morgan fingerprint density at radius 2 is 1.32 bits per heavy atom. The largest absolute Gasteiger partial charge is 0.459 e. The third-order valence-electron chi connectivity index (χ3n) is 4.43. The van der Waals surface area contributed by atoms with Crippen molar-refractivity contribution in [3.8, 4) is 0 Å². The van der Waals surface area contributed by atoms with Crippen LogP contribution in [0.15, 0.2) is 0 Å².